The molecule has 1 aromatic carbocycles. The van der Waals surface area contributed by atoms with Gasteiger partial charge in [0.05, 0.1) is 0 Å². The quantitative estimate of drug-likeness (QED) is 0.765. The number of rotatable bonds is 4. The lowest BCUT2D eigenvalue weighted by molar-refractivity contribution is 0.223. The minimum absolute atomic E-state index is 0.0413. The van der Waals surface area contributed by atoms with Crippen molar-refractivity contribution >= 4 is 11.7 Å². The van der Waals surface area contributed by atoms with Crippen LogP contribution in [0.2, 0.25) is 0 Å². The van der Waals surface area contributed by atoms with Crippen molar-refractivity contribution < 1.29 is 4.79 Å². The molecule has 2 amide bonds. The molecule has 0 aliphatic rings. The first kappa shape index (κ1) is 12.6. The van der Waals surface area contributed by atoms with E-state index in [2.05, 4.69) is 6.92 Å². The lowest BCUT2D eigenvalue weighted by Gasteiger charge is -2.26. The molecule has 0 N–H and O–H groups in total. The Morgan fingerprint density at radius 1 is 1.19 bits per heavy atom. The highest BCUT2D eigenvalue weighted by atomic mass is 16.2. The molecule has 0 heterocycles. The minimum atomic E-state index is 0.0413. The van der Waals surface area contributed by atoms with Crippen LogP contribution in [0.5, 0.6) is 0 Å². The maximum absolute atomic E-state index is 12.0. The van der Waals surface area contributed by atoms with Gasteiger partial charge in [-0.2, -0.15) is 0 Å². The maximum atomic E-state index is 12.0. The van der Waals surface area contributed by atoms with Gasteiger partial charge in [0.2, 0.25) is 0 Å². The number of para-hydroxylation sites is 1. The van der Waals surface area contributed by atoms with Crippen LogP contribution in [-0.4, -0.2) is 31.6 Å². The van der Waals surface area contributed by atoms with E-state index in [1.807, 2.05) is 35.2 Å². The van der Waals surface area contributed by atoms with Crippen molar-refractivity contribution in [2.75, 3.05) is 25.5 Å². The van der Waals surface area contributed by atoms with Crippen molar-refractivity contribution in [1.29, 1.82) is 0 Å². The summed E-state index contributed by atoms with van der Waals surface area (Å²) in [6.07, 6.45) is 2.11. The lowest BCUT2D eigenvalue weighted by Crippen LogP contribution is -2.39. The van der Waals surface area contributed by atoms with Crippen LogP contribution in [0.25, 0.3) is 0 Å². The van der Waals surface area contributed by atoms with E-state index in [1.54, 1.807) is 19.0 Å². The predicted octanol–water partition coefficient (Wildman–Crippen LogP) is 2.97. The second-order valence-corrected chi connectivity index (χ2v) is 4.02. The molecule has 88 valence electrons. The van der Waals surface area contributed by atoms with Crippen molar-refractivity contribution in [2.45, 2.75) is 19.8 Å². The Kier molecular flexibility index (Phi) is 4.83. The number of anilines is 1. The predicted molar refractivity (Wildman–Crippen MR) is 67.8 cm³/mol. The van der Waals surface area contributed by atoms with E-state index in [-0.39, 0.29) is 6.03 Å². The second kappa shape index (κ2) is 6.16. The van der Waals surface area contributed by atoms with Gasteiger partial charge in [-0.15, -0.1) is 0 Å². The van der Waals surface area contributed by atoms with Crippen LogP contribution >= 0.6 is 0 Å². The number of carbonyl (C=O) groups excluding carboxylic acids is 1. The van der Waals surface area contributed by atoms with E-state index in [1.165, 1.54) is 0 Å². The van der Waals surface area contributed by atoms with Crippen LogP contribution in [0.3, 0.4) is 0 Å². The fourth-order valence-corrected chi connectivity index (χ4v) is 1.50. The van der Waals surface area contributed by atoms with Gasteiger partial charge in [-0.3, -0.25) is 4.90 Å². The zero-order valence-electron chi connectivity index (χ0n) is 10.3. The van der Waals surface area contributed by atoms with Gasteiger partial charge >= 0.3 is 6.03 Å². The van der Waals surface area contributed by atoms with Gasteiger partial charge in [-0.05, 0) is 18.6 Å². The summed E-state index contributed by atoms with van der Waals surface area (Å²) in [4.78, 5) is 15.4. The molecule has 1 aromatic rings. The molecule has 0 bridgehead atoms. The van der Waals surface area contributed by atoms with Gasteiger partial charge in [-0.25, -0.2) is 4.79 Å². The molecule has 0 saturated heterocycles. The fourth-order valence-electron chi connectivity index (χ4n) is 1.50. The molecule has 0 atom stereocenters. The molecule has 16 heavy (non-hydrogen) atoms. The smallest absolute Gasteiger partial charge is 0.323 e. The molecule has 0 unspecified atom stereocenters. The number of amides is 2. The number of carbonyl (C=O) groups is 1. The summed E-state index contributed by atoms with van der Waals surface area (Å²) in [7, 11) is 3.56. The fraction of sp³-hybridized carbons (Fsp3) is 0.462. The molecule has 0 saturated carbocycles. The third-order valence-corrected chi connectivity index (χ3v) is 2.42. The third-order valence-electron chi connectivity index (χ3n) is 2.42. The number of hydrogen-bond donors (Lipinski definition) is 0. The normalized spacial score (nSPS) is 9.94. The molecular formula is C13H20N2O. The Morgan fingerprint density at radius 2 is 1.81 bits per heavy atom. The molecule has 0 radical (unpaired) electrons. The average molecular weight is 220 g/mol. The summed E-state index contributed by atoms with van der Waals surface area (Å²) in [6.45, 7) is 2.90. The molecular weight excluding hydrogens is 200 g/mol. The van der Waals surface area contributed by atoms with E-state index in [0.717, 1.165) is 25.1 Å². The van der Waals surface area contributed by atoms with Gasteiger partial charge in [0.15, 0.2) is 0 Å². The van der Waals surface area contributed by atoms with Crippen LogP contribution in [0.1, 0.15) is 19.8 Å². The Balaban J connectivity index is 2.83. The van der Waals surface area contributed by atoms with Crippen LogP contribution in [-0.2, 0) is 0 Å². The SMILES string of the molecule is CCCCN(C(=O)N(C)C)c1ccccc1. The number of benzene rings is 1. The van der Waals surface area contributed by atoms with Crippen molar-refractivity contribution in [1.82, 2.24) is 4.90 Å². The lowest BCUT2D eigenvalue weighted by atomic mass is 10.2. The molecule has 1 rings (SSSR count). The van der Waals surface area contributed by atoms with Crippen LogP contribution in [0.15, 0.2) is 30.3 Å². The van der Waals surface area contributed by atoms with Crippen LogP contribution in [0.4, 0.5) is 10.5 Å². The largest absolute Gasteiger partial charge is 0.330 e. The Hall–Kier alpha value is -1.51. The topological polar surface area (TPSA) is 23.6 Å². The molecule has 0 aromatic heterocycles. The van der Waals surface area contributed by atoms with Crippen molar-refractivity contribution in [3.8, 4) is 0 Å². The highest BCUT2D eigenvalue weighted by Crippen LogP contribution is 2.15. The van der Waals surface area contributed by atoms with Gasteiger partial charge in [-0.1, -0.05) is 31.5 Å². The standard InChI is InChI=1S/C13H20N2O/c1-4-5-11-15(13(16)14(2)3)12-9-7-6-8-10-12/h6-10H,4-5,11H2,1-3H3. The van der Waals surface area contributed by atoms with Gasteiger partial charge in [0.25, 0.3) is 0 Å². The zero-order chi connectivity index (χ0) is 12.0. The molecule has 0 fully saturated rings. The van der Waals surface area contributed by atoms with E-state index < -0.39 is 0 Å². The number of hydrogen-bond acceptors (Lipinski definition) is 1. The number of unbranched alkanes of at least 4 members (excludes halogenated alkanes) is 1. The van der Waals surface area contributed by atoms with Crippen molar-refractivity contribution in [2.24, 2.45) is 0 Å². The first-order chi connectivity index (χ1) is 7.66. The average Bonchev–Trinajstić information content (AvgIpc) is 2.30. The highest BCUT2D eigenvalue weighted by Gasteiger charge is 2.16. The highest BCUT2D eigenvalue weighted by molar-refractivity contribution is 5.91. The monoisotopic (exact) mass is 220 g/mol. The summed E-state index contributed by atoms with van der Waals surface area (Å²) in [5, 5.41) is 0. The van der Waals surface area contributed by atoms with E-state index in [0.29, 0.717) is 0 Å². The van der Waals surface area contributed by atoms with E-state index >= 15 is 0 Å². The minimum Gasteiger partial charge on any atom is -0.330 e. The maximum Gasteiger partial charge on any atom is 0.323 e. The summed E-state index contributed by atoms with van der Waals surface area (Å²) in [6, 6.07) is 9.85. The number of urea groups is 1. The van der Waals surface area contributed by atoms with Crippen LogP contribution < -0.4 is 4.90 Å². The van der Waals surface area contributed by atoms with E-state index in [4.69, 9.17) is 0 Å². The molecule has 0 aliphatic carbocycles. The second-order valence-electron chi connectivity index (χ2n) is 4.02. The van der Waals surface area contributed by atoms with Crippen molar-refractivity contribution in [3.05, 3.63) is 30.3 Å². The van der Waals surface area contributed by atoms with Gasteiger partial charge in [0, 0.05) is 26.3 Å². The van der Waals surface area contributed by atoms with Crippen LogP contribution in [0, 0.1) is 0 Å². The Morgan fingerprint density at radius 3 is 2.31 bits per heavy atom. The number of nitrogens with zero attached hydrogens (tertiary/aromatic N) is 2. The summed E-state index contributed by atoms with van der Waals surface area (Å²) >= 11 is 0. The molecule has 0 spiro atoms. The van der Waals surface area contributed by atoms with E-state index in [9.17, 15) is 4.79 Å². The molecule has 3 heteroatoms. The Labute approximate surface area is 97.7 Å². The summed E-state index contributed by atoms with van der Waals surface area (Å²) in [5.41, 5.74) is 0.967. The Bertz CT molecular complexity index is 322. The zero-order valence-corrected chi connectivity index (χ0v) is 10.3. The molecule has 0 aliphatic heterocycles. The van der Waals surface area contributed by atoms with Gasteiger partial charge < -0.3 is 4.90 Å². The van der Waals surface area contributed by atoms with Crippen molar-refractivity contribution in [3.63, 3.8) is 0 Å². The first-order valence-electron chi connectivity index (χ1n) is 5.70. The first-order valence-corrected chi connectivity index (χ1v) is 5.70. The summed E-state index contributed by atoms with van der Waals surface area (Å²) < 4.78 is 0. The van der Waals surface area contributed by atoms with Gasteiger partial charge in [0.1, 0.15) is 0 Å². The molecule has 3 nitrogen and oxygen atoms in total. The summed E-state index contributed by atoms with van der Waals surface area (Å²) in [5.74, 6) is 0. The third kappa shape index (κ3) is 3.26.